The lowest BCUT2D eigenvalue weighted by molar-refractivity contribution is 0.188. The van der Waals surface area contributed by atoms with E-state index in [1.165, 1.54) is 0 Å². The van der Waals surface area contributed by atoms with E-state index in [0.29, 0.717) is 30.4 Å². The van der Waals surface area contributed by atoms with Crippen LogP contribution in [0.2, 0.25) is 0 Å². The topological polar surface area (TPSA) is 75.1 Å². The Bertz CT molecular complexity index is 1050. The van der Waals surface area contributed by atoms with Gasteiger partial charge in [-0.3, -0.25) is 4.79 Å². The Morgan fingerprint density at radius 3 is 2.84 bits per heavy atom. The van der Waals surface area contributed by atoms with Crippen molar-refractivity contribution in [2.75, 3.05) is 13.7 Å². The molecule has 0 saturated carbocycles. The average Bonchev–Trinajstić information content (AvgIpc) is 3.36. The summed E-state index contributed by atoms with van der Waals surface area (Å²) in [6, 6.07) is 7.71. The van der Waals surface area contributed by atoms with Gasteiger partial charge in [0.2, 0.25) is 11.7 Å². The summed E-state index contributed by atoms with van der Waals surface area (Å²) in [4.78, 5) is 18.1. The molecule has 128 valence electrons. The molecule has 0 radical (unpaired) electrons. The highest BCUT2D eigenvalue weighted by Gasteiger charge is 2.13. The van der Waals surface area contributed by atoms with E-state index in [-0.39, 0.29) is 12.1 Å². The number of ether oxygens (including phenoxy) is 1. The van der Waals surface area contributed by atoms with Gasteiger partial charge in [0.05, 0.1) is 11.5 Å². The number of methoxy groups -OCH3 is 1. The van der Waals surface area contributed by atoms with Gasteiger partial charge >= 0.3 is 0 Å². The van der Waals surface area contributed by atoms with Gasteiger partial charge in [-0.2, -0.15) is 4.98 Å². The third kappa shape index (κ3) is 3.01. The molecule has 0 atom stereocenters. The van der Waals surface area contributed by atoms with Crippen LogP contribution in [0.5, 0.6) is 0 Å². The molecule has 25 heavy (non-hydrogen) atoms. The Balaban J connectivity index is 1.65. The first-order valence-electron chi connectivity index (χ1n) is 7.80. The second-order valence-corrected chi connectivity index (χ2v) is 6.49. The van der Waals surface area contributed by atoms with Gasteiger partial charge in [-0.1, -0.05) is 11.2 Å². The quantitative estimate of drug-likeness (QED) is 0.531. The van der Waals surface area contributed by atoms with Gasteiger partial charge in [-0.25, -0.2) is 0 Å². The Morgan fingerprint density at radius 1 is 1.24 bits per heavy atom. The molecule has 0 bridgehead atoms. The highest BCUT2D eigenvalue weighted by atomic mass is 32.1. The molecule has 4 rings (SSSR count). The maximum atomic E-state index is 12.8. The van der Waals surface area contributed by atoms with Gasteiger partial charge in [0.25, 0.3) is 5.56 Å². The molecule has 7 nitrogen and oxygen atoms in total. The van der Waals surface area contributed by atoms with Crippen LogP contribution >= 0.6 is 11.3 Å². The van der Waals surface area contributed by atoms with Gasteiger partial charge in [0.15, 0.2) is 0 Å². The van der Waals surface area contributed by atoms with Crippen molar-refractivity contribution >= 4 is 22.2 Å². The minimum atomic E-state index is -0.0884. The third-order valence-electron chi connectivity index (χ3n) is 3.94. The molecule has 0 aliphatic carbocycles. The summed E-state index contributed by atoms with van der Waals surface area (Å²) in [5, 5.41) is 6.84. The zero-order chi connectivity index (χ0) is 17.2. The Hall–Kier alpha value is -2.71. The lowest BCUT2D eigenvalue weighted by atomic mass is 10.3. The van der Waals surface area contributed by atoms with Crippen molar-refractivity contribution in [3.05, 3.63) is 58.3 Å². The van der Waals surface area contributed by atoms with Crippen molar-refractivity contribution in [1.29, 1.82) is 0 Å². The van der Waals surface area contributed by atoms with Crippen molar-refractivity contribution in [3.63, 3.8) is 0 Å². The van der Waals surface area contributed by atoms with Crippen LogP contribution < -0.4 is 5.56 Å². The predicted molar refractivity (Wildman–Crippen MR) is 94.8 cm³/mol. The maximum Gasteiger partial charge on any atom is 0.275 e. The van der Waals surface area contributed by atoms with E-state index in [1.807, 2.05) is 40.4 Å². The summed E-state index contributed by atoms with van der Waals surface area (Å²) in [5.41, 5.74) is 0.562. The smallest absolute Gasteiger partial charge is 0.275 e. The van der Waals surface area contributed by atoms with E-state index >= 15 is 0 Å². The number of nitrogens with zero attached hydrogens (tertiary/aromatic N) is 4. The molecule has 0 amide bonds. The monoisotopic (exact) mass is 356 g/mol. The van der Waals surface area contributed by atoms with Crippen LogP contribution in [0.1, 0.15) is 5.89 Å². The number of thiophene rings is 1. The number of fused-ring (bicyclic) bond motifs is 1. The normalized spacial score (nSPS) is 11.4. The largest absolute Gasteiger partial charge is 0.383 e. The fraction of sp³-hybridized carbons (Fsp3) is 0.235. The molecule has 0 fully saturated rings. The van der Waals surface area contributed by atoms with E-state index in [4.69, 9.17) is 9.26 Å². The Labute approximate surface area is 147 Å². The van der Waals surface area contributed by atoms with Gasteiger partial charge in [0.1, 0.15) is 12.1 Å². The lowest BCUT2D eigenvalue weighted by Crippen LogP contribution is -2.22. The van der Waals surface area contributed by atoms with Crippen LogP contribution in [-0.4, -0.2) is 33.0 Å². The van der Waals surface area contributed by atoms with E-state index in [2.05, 4.69) is 10.1 Å². The van der Waals surface area contributed by atoms with E-state index < -0.39 is 0 Å². The van der Waals surface area contributed by atoms with E-state index in [1.54, 1.807) is 29.2 Å². The summed E-state index contributed by atoms with van der Waals surface area (Å²) in [7, 11) is 1.64. The Morgan fingerprint density at radius 2 is 2.08 bits per heavy atom. The van der Waals surface area contributed by atoms with Crippen molar-refractivity contribution in [1.82, 2.24) is 19.3 Å². The van der Waals surface area contributed by atoms with Gasteiger partial charge in [0, 0.05) is 31.4 Å². The molecular formula is C17H16N4O3S. The van der Waals surface area contributed by atoms with Crippen LogP contribution in [0.4, 0.5) is 0 Å². The highest BCUT2D eigenvalue weighted by molar-refractivity contribution is 7.13. The fourth-order valence-corrected chi connectivity index (χ4v) is 3.36. The molecule has 0 saturated heterocycles. The van der Waals surface area contributed by atoms with Crippen molar-refractivity contribution in [2.45, 2.75) is 13.1 Å². The van der Waals surface area contributed by atoms with Crippen LogP contribution in [-0.2, 0) is 17.8 Å². The summed E-state index contributed by atoms with van der Waals surface area (Å²) < 4.78 is 13.9. The minimum Gasteiger partial charge on any atom is -0.383 e. The molecule has 0 unspecified atom stereocenters. The number of hydrogen-bond donors (Lipinski definition) is 0. The maximum absolute atomic E-state index is 12.8. The summed E-state index contributed by atoms with van der Waals surface area (Å²) in [6.45, 7) is 1.41. The predicted octanol–water partition coefficient (Wildman–Crippen LogP) is 2.61. The number of hydrogen-bond acceptors (Lipinski definition) is 6. The molecule has 4 aromatic heterocycles. The molecule has 0 N–H and O–H groups in total. The summed E-state index contributed by atoms with van der Waals surface area (Å²) in [6.07, 6.45) is 3.65. The lowest BCUT2D eigenvalue weighted by Gasteiger charge is -2.06. The molecular weight excluding hydrogens is 340 g/mol. The van der Waals surface area contributed by atoms with Crippen LogP contribution in [0.15, 0.2) is 51.4 Å². The average molecular weight is 356 g/mol. The number of pyridine rings is 1. The minimum absolute atomic E-state index is 0.0884. The van der Waals surface area contributed by atoms with Crippen molar-refractivity contribution < 1.29 is 9.26 Å². The van der Waals surface area contributed by atoms with Crippen LogP contribution in [0.25, 0.3) is 21.6 Å². The zero-order valence-corrected chi connectivity index (χ0v) is 14.4. The first-order valence-corrected chi connectivity index (χ1v) is 8.68. The second-order valence-electron chi connectivity index (χ2n) is 5.54. The first kappa shape index (κ1) is 15.8. The number of aromatic nitrogens is 4. The second kappa shape index (κ2) is 6.66. The van der Waals surface area contributed by atoms with Gasteiger partial charge in [-0.15, -0.1) is 11.3 Å². The van der Waals surface area contributed by atoms with Gasteiger partial charge < -0.3 is 18.4 Å². The molecule has 0 spiro atoms. The standard InChI is InChI=1S/C17H16N4O3S/c1-23-9-8-20-6-4-12-5-7-21(17(22)15(12)20)11-14-18-16(19-24-14)13-3-2-10-25-13/h2-7,10H,8-9,11H2,1H3. The molecule has 8 heteroatoms. The van der Waals surface area contributed by atoms with Crippen LogP contribution in [0.3, 0.4) is 0 Å². The Kier molecular flexibility index (Phi) is 4.21. The van der Waals surface area contributed by atoms with Crippen molar-refractivity contribution in [2.24, 2.45) is 0 Å². The SMILES string of the molecule is COCCn1ccc2ccn(Cc3nc(-c4cccs4)no3)c(=O)c21. The molecule has 0 aliphatic rings. The number of rotatable bonds is 6. The zero-order valence-electron chi connectivity index (χ0n) is 13.6. The van der Waals surface area contributed by atoms with Crippen molar-refractivity contribution in [3.8, 4) is 10.7 Å². The molecule has 4 aromatic rings. The third-order valence-corrected chi connectivity index (χ3v) is 4.81. The van der Waals surface area contributed by atoms with Gasteiger partial charge in [-0.05, 0) is 23.6 Å². The summed E-state index contributed by atoms with van der Waals surface area (Å²) in [5.74, 6) is 0.947. The fourth-order valence-electron chi connectivity index (χ4n) is 2.72. The van der Waals surface area contributed by atoms with E-state index in [0.717, 1.165) is 10.3 Å². The summed E-state index contributed by atoms with van der Waals surface area (Å²) >= 11 is 1.54. The first-order chi connectivity index (χ1) is 12.3. The molecule has 0 aromatic carbocycles. The highest BCUT2D eigenvalue weighted by Crippen LogP contribution is 2.21. The molecule has 4 heterocycles. The van der Waals surface area contributed by atoms with Crippen LogP contribution in [0, 0.1) is 0 Å². The van der Waals surface area contributed by atoms with E-state index in [9.17, 15) is 4.79 Å². The molecule has 0 aliphatic heterocycles.